The summed E-state index contributed by atoms with van der Waals surface area (Å²) in [4.78, 5) is 22.7. The first kappa shape index (κ1) is 19.7. The van der Waals surface area contributed by atoms with Gasteiger partial charge in [0.2, 0.25) is 5.89 Å². The molecule has 2 aromatic heterocycles. The van der Waals surface area contributed by atoms with Crippen molar-refractivity contribution in [3.05, 3.63) is 71.0 Å². The van der Waals surface area contributed by atoms with E-state index in [1.165, 1.54) is 4.90 Å². The number of hydrogen-bond donors (Lipinski definition) is 0. The molecule has 0 aliphatic heterocycles. The lowest BCUT2D eigenvalue weighted by molar-refractivity contribution is 0.0827. The van der Waals surface area contributed by atoms with E-state index in [0.29, 0.717) is 39.1 Å². The first-order chi connectivity index (χ1) is 14.4. The quantitative estimate of drug-likeness (QED) is 0.483. The van der Waals surface area contributed by atoms with Crippen molar-refractivity contribution in [3.63, 3.8) is 0 Å². The minimum absolute atomic E-state index is 0.126. The fourth-order valence-corrected chi connectivity index (χ4v) is 3.19. The zero-order valence-electron chi connectivity index (χ0n) is 16.6. The third-order valence-electron chi connectivity index (χ3n) is 4.50. The van der Waals surface area contributed by atoms with Gasteiger partial charge in [-0.2, -0.15) is 0 Å². The summed E-state index contributed by atoms with van der Waals surface area (Å²) < 4.78 is 5.83. The Labute approximate surface area is 178 Å². The Morgan fingerprint density at radius 1 is 1.03 bits per heavy atom. The van der Waals surface area contributed by atoms with Crippen LogP contribution in [0.4, 0.5) is 0 Å². The molecule has 8 heteroatoms. The van der Waals surface area contributed by atoms with Crippen LogP contribution in [0.1, 0.15) is 16.1 Å². The van der Waals surface area contributed by atoms with Crippen LogP contribution < -0.4 is 0 Å². The molecule has 4 rings (SSSR count). The molecule has 0 aliphatic rings. The summed E-state index contributed by atoms with van der Waals surface area (Å²) in [6.07, 6.45) is 1.63. The molecule has 0 fully saturated rings. The van der Waals surface area contributed by atoms with Crippen LogP contribution in [0.25, 0.3) is 34.3 Å². The van der Waals surface area contributed by atoms with E-state index in [9.17, 15) is 4.79 Å². The van der Waals surface area contributed by atoms with Crippen molar-refractivity contribution in [2.75, 3.05) is 14.1 Å². The Hall–Kier alpha value is -3.58. The molecule has 0 saturated heterocycles. The molecular formula is C22H18ClN5O2. The zero-order valence-corrected chi connectivity index (χ0v) is 17.4. The summed E-state index contributed by atoms with van der Waals surface area (Å²) in [6.45, 7) is 1.82. The average molecular weight is 420 g/mol. The standard InChI is InChI=1S/C22H18ClN5O2/c1-13-19(21-27-26-20(30-21)14-7-5-4-6-8-14)25-18(12-24-13)16-10-9-15(11-17(16)23)22(29)28(2)3/h4-12H,1-3H3. The van der Waals surface area contributed by atoms with E-state index in [1.54, 1.807) is 38.5 Å². The molecule has 0 unspecified atom stereocenters. The van der Waals surface area contributed by atoms with Crippen molar-refractivity contribution >= 4 is 17.5 Å². The second-order valence-corrected chi connectivity index (χ2v) is 7.27. The summed E-state index contributed by atoms with van der Waals surface area (Å²) >= 11 is 6.45. The molecule has 0 saturated carbocycles. The lowest BCUT2D eigenvalue weighted by Gasteiger charge is -2.12. The Kier molecular flexibility index (Phi) is 5.29. The third-order valence-corrected chi connectivity index (χ3v) is 4.81. The second kappa shape index (κ2) is 8.04. The van der Waals surface area contributed by atoms with Crippen molar-refractivity contribution in [1.29, 1.82) is 0 Å². The van der Waals surface area contributed by atoms with Gasteiger partial charge < -0.3 is 9.32 Å². The van der Waals surface area contributed by atoms with Crippen molar-refractivity contribution in [2.45, 2.75) is 6.92 Å². The highest BCUT2D eigenvalue weighted by molar-refractivity contribution is 6.33. The maximum absolute atomic E-state index is 12.2. The highest BCUT2D eigenvalue weighted by atomic mass is 35.5. The number of rotatable bonds is 4. The van der Waals surface area contributed by atoms with Crippen LogP contribution in [-0.4, -0.2) is 45.1 Å². The molecule has 150 valence electrons. The molecule has 0 radical (unpaired) electrons. The van der Waals surface area contributed by atoms with Crippen LogP contribution in [0.2, 0.25) is 5.02 Å². The second-order valence-electron chi connectivity index (χ2n) is 6.86. The maximum Gasteiger partial charge on any atom is 0.268 e. The number of carbonyl (C=O) groups is 1. The van der Waals surface area contributed by atoms with Gasteiger partial charge in [0.05, 0.1) is 22.6 Å². The van der Waals surface area contributed by atoms with Crippen molar-refractivity contribution < 1.29 is 9.21 Å². The first-order valence-electron chi connectivity index (χ1n) is 9.18. The number of halogens is 1. The Morgan fingerprint density at radius 3 is 2.47 bits per heavy atom. The molecule has 30 heavy (non-hydrogen) atoms. The lowest BCUT2D eigenvalue weighted by atomic mass is 10.1. The molecule has 4 aromatic rings. The number of nitrogens with zero attached hydrogens (tertiary/aromatic N) is 5. The van der Waals surface area contributed by atoms with Crippen LogP contribution in [0.5, 0.6) is 0 Å². The highest BCUT2D eigenvalue weighted by Gasteiger charge is 2.18. The fraction of sp³-hybridized carbons (Fsp3) is 0.136. The average Bonchev–Trinajstić information content (AvgIpc) is 3.24. The minimum atomic E-state index is -0.126. The number of aromatic nitrogens is 4. The Bertz CT molecular complexity index is 1220. The van der Waals surface area contributed by atoms with Gasteiger partial charge in [0.1, 0.15) is 5.69 Å². The molecule has 0 N–H and O–H groups in total. The van der Waals surface area contributed by atoms with Gasteiger partial charge >= 0.3 is 0 Å². The van der Waals surface area contributed by atoms with Gasteiger partial charge in [0.25, 0.3) is 11.8 Å². The van der Waals surface area contributed by atoms with E-state index in [-0.39, 0.29) is 11.8 Å². The molecule has 0 aliphatic carbocycles. The molecule has 2 heterocycles. The number of hydrogen-bond acceptors (Lipinski definition) is 6. The number of aryl methyl sites for hydroxylation is 1. The van der Waals surface area contributed by atoms with Crippen molar-refractivity contribution in [1.82, 2.24) is 25.1 Å². The molecule has 2 aromatic carbocycles. The van der Waals surface area contributed by atoms with Crippen LogP contribution in [0, 0.1) is 6.92 Å². The summed E-state index contributed by atoms with van der Waals surface area (Å²) in [5, 5.41) is 8.66. The first-order valence-corrected chi connectivity index (χ1v) is 9.56. The van der Waals surface area contributed by atoms with Gasteiger partial charge in [-0.05, 0) is 31.2 Å². The molecule has 0 atom stereocenters. The van der Waals surface area contributed by atoms with Crippen LogP contribution >= 0.6 is 11.6 Å². The summed E-state index contributed by atoms with van der Waals surface area (Å²) in [6, 6.07) is 14.6. The molecule has 1 amide bonds. The van der Waals surface area contributed by atoms with Crippen molar-refractivity contribution in [3.8, 4) is 34.3 Å². The van der Waals surface area contributed by atoms with Crippen LogP contribution in [-0.2, 0) is 0 Å². The van der Waals surface area contributed by atoms with E-state index < -0.39 is 0 Å². The Morgan fingerprint density at radius 2 is 1.77 bits per heavy atom. The number of carbonyl (C=O) groups excluding carboxylic acids is 1. The third kappa shape index (κ3) is 3.79. The van der Waals surface area contributed by atoms with Gasteiger partial charge in [0.15, 0.2) is 0 Å². The van der Waals surface area contributed by atoms with E-state index in [0.717, 1.165) is 5.56 Å². The van der Waals surface area contributed by atoms with E-state index in [2.05, 4.69) is 20.2 Å². The predicted molar refractivity (Wildman–Crippen MR) is 114 cm³/mol. The largest absolute Gasteiger partial charge is 0.415 e. The van der Waals surface area contributed by atoms with Gasteiger partial charge in [-0.3, -0.25) is 9.78 Å². The predicted octanol–water partition coefficient (Wildman–Crippen LogP) is 4.52. The molecular weight excluding hydrogens is 402 g/mol. The topological polar surface area (TPSA) is 85.0 Å². The number of benzene rings is 2. The molecule has 7 nitrogen and oxygen atoms in total. The van der Waals surface area contributed by atoms with E-state index in [4.69, 9.17) is 16.0 Å². The van der Waals surface area contributed by atoms with Crippen molar-refractivity contribution in [2.24, 2.45) is 0 Å². The normalized spacial score (nSPS) is 10.8. The summed E-state index contributed by atoms with van der Waals surface area (Å²) in [5.41, 5.74) is 3.65. The van der Waals surface area contributed by atoms with Gasteiger partial charge in [0, 0.05) is 30.8 Å². The van der Waals surface area contributed by atoms with E-state index >= 15 is 0 Å². The Balaban J connectivity index is 1.71. The van der Waals surface area contributed by atoms with Crippen LogP contribution in [0.3, 0.4) is 0 Å². The summed E-state index contributed by atoms with van der Waals surface area (Å²) in [7, 11) is 3.38. The van der Waals surface area contributed by atoms with Crippen LogP contribution in [0.15, 0.2) is 59.1 Å². The number of amides is 1. The van der Waals surface area contributed by atoms with Gasteiger partial charge in [-0.25, -0.2) is 4.98 Å². The highest BCUT2D eigenvalue weighted by Crippen LogP contribution is 2.30. The summed E-state index contributed by atoms with van der Waals surface area (Å²) in [5.74, 6) is 0.552. The monoisotopic (exact) mass is 419 g/mol. The lowest BCUT2D eigenvalue weighted by Crippen LogP contribution is -2.21. The van der Waals surface area contributed by atoms with E-state index in [1.807, 2.05) is 37.3 Å². The SMILES string of the molecule is Cc1ncc(-c2ccc(C(=O)N(C)C)cc2Cl)nc1-c1nnc(-c2ccccc2)o1. The molecule has 0 bridgehead atoms. The zero-order chi connectivity index (χ0) is 21.3. The molecule has 0 spiro atoms. The maximum atomic E-state index is 12.2. The van der Waals surface area contributed by atoms with Gasteiger partial charge in [-0.1, -0.05) is 35.9 Å². The van der Waals surface area contributed by atoms with Gasteiger partial charge in [-0.15, -0.1) is 10.2 Å². The fourth-order valence-electron chi connectivity index (χ4n) is 2.91. The smallest absolute Gasteiger partial charge is 0.268 e. The minimum Gasteiger partial charge on any atom is -0.415 e.